The van der Waals surface area contributed by atoms with Crippen LogP contribution in [-0.4, -0.2) is 23.2 Å². The van der Waals surface area contributed by atoms with Crippen molar-refractivity contribution in [2.75, 3.05) is 12.4 Å². The van der Waals surface area contributed by atoms with Crippen molar-refractivity contribution >= 4 is 28.9 Å². The van der Waals surface area contributed by atoms with Crippen LogP contribution in [0.25, 0.3) is 0 Å². The van der Waals surface area contributed by atoms with E-state index >= 15 is 0 Å². The van der Waals surface area contributed by atoms with E-state index in [0.29, 0.717) is 11.1 Å². The van der Waals surface area contributed by atoms with Crippen molar-refractivity contribution in [3.63, 3.8) is 0 Å². The minimum atomic E-state index is -1.88. The van der Waals surface area contributed by atoms with Crippen molar-refractivity contribution in [3.05, 3.63) is 96.1 Å². The van der Waals surface area contributed by atoms with E-state index in [9.17, 15) is 9.90 Å². The fourth-order valence-electron chi connectivity index (χ4n) is 2.83. The van der Waals surface area contributed by atoms with Gasteiger partial charge < -0.3 is 15.2 Å². The highest BCUT2D eigenvalue weighted by Crippen LogP contribution is 2.29. The molecule has 0 atom stereocenters. The lowest BCUT2D eigenvalue weighted by Gasteiger charge is -2.28. The highest BCUT2D eigenvalue weighted by Gasteiger charge is 2.40. The number of rotatable bonds is 5. The molecule has 0 unspecified atom stereocenters. The predicted molar refractivity (Wildman–Crippen MR) is 116 cm³/mol. The smallest absolute Gasteiger partial charge is 0.279 e. The second-order valence-corrected chi connectivity index (χ2v) is 6.61. The predicted octanol–water partition coefficient (Wildman–Crippen LogP) is 2.95. The second kappa shape index (κ2) is 9.18. The first-order chi connectivity index (χ1) is 14.0. The molecule has 0 aromatic heterocycles. The molecule has 3 rings (SSSR count). The van der Waals surface area contributed by atoms with E-state index in [0.717, 1.165) is 11.4 Å². The van der Waals surface area contributed by atoms with E-state index in [-0.39, 0.29) is 5.11 Å². The largest absolute Gasteiger partial charge is 0.497 e. The van der Waals surface area contributed by atoms with Gasteiger partial charge in [0.15, 0.2) is 10.7 Å². The van der Waals surface area contributed by atoms with E-state index in [1.165, 1.54) is 0 Å². The molecule has 0 spiro atoms. The Kier molecular flexibility index (Phi) is 6.43. The van der Waals surface area contributed by atoms with Crippen molar-refractivity contribution in [3.8, 4) is 5.75 Å². The Morgan fingerprint density at radius 1 is 0.862 bits per heavy atom. The molecular weight excluding hydrogens is 386 g/mol. The van der Waals surface area contributed by atoms with Gasteiger partial charge in [0.25, 0.3) is 5.91 Å². The number of hydrazine groups is 1. The number of nitrogens with one attached hydrogen (secondary N) is 3. The molecule has 0 saturated heterocycles. The number of benzene rings is 3. The molecule has 0 radical (unpaired) electrons. The summed E-state index contributed by atoms with van der Waals surface area (Å²) in [6.07, 6.45) is 0. The molecule has 148 valence electrons. The fraction of sp³-hybridized carbons (Fsp3) is 0.0909. The van der Waals surface area contributed by atoms with Crippen molar-refractivity contribution in [1.29, 1.82) is 0 Å². The Labute approximate surface area is 174 Å². The lowest BCUT2D eigenvalue weighted by Crippen LogP contribution is -2.53. The molecule has 0 saturated carbocycles. The first kappa shape index (κ1) is 20.3. The summed E-state index contributed by atoms with van der Waals surface area (Å²) in [5.74, 6) is 0.0623. The molecule has 6 nitrogen and oxygen atoms in total. The summed E-state index contributed by atoms with van der Waals surface area (Å²) in [6.45, 7) is 0. The average Bonchev–Trinajstić information content (AvgIpc) is 2.78. The Balaban J connectivity index is 1.72. The van der Waals surface area contributed by atoms with Gasteiger partial charge in [-0.2, -0.15) is 0 Å². The van der Waals surface area contributed by atoms with Crippen LogP contribution in [0.4, 0.5) is 5.69 Å². The van der Waals surface area contributed by atoms with Gasteiger partial charge in [-0.25, -0.2) is 0 Å². The summed E-state index contributed by atoms with van der Waals surface area (Å²) >= 11 is 5.22. The van der Waals surface area contributed by atoms with Gasteiger partial charge in [0.05, 0.1) is 7.11 Å². The molecule has 29 heavy (non-hydrogen) atoms. The SMILES string of the molecule is COc1ccc(NC(=S)NNC(=O)C(O)(c2ccccc2)c2ccccc2)cc1. The van der Waals surface area contributed by atoms with Crippen molar-refractivity contribution < 1.29 is 14.6 Å². The fourth-order valence-corrected chi connectivity index (χ4v) is 3.00. The zero-order valence-corrected chi connectivity index (χ0v) is 16.6. The van der Waals surface area contributed by atoms with E-state index in [1.54, 1.807) is 79.9 Å². The molecule has 1 amide bonds. The lowest BCUT2D eigenvalue weighted by molar-refractivity contribution is -0.137. The number of thiocarbonyl (C=S) groups is 1. The molecular formula is C22H21N3O3S. The first-order valence-electron chi connectivity index (χ1n) is 8.89. The zero-order valence-electron chi connectivity index (χ0n) is 15.8. The third kappa shape index (κ3) is 4.71. The monoisotopic (exact) mass is 407 g/mol. The third-order valence-corrected chi connectivity index (χ3v) is 4.55. The van der Waals surface area contributed by atoms with Gasteiger partial charge in [0.1, 0.15) is 5.75 Å². The molecule has 0 fully saturated rings. The van der Waals surface area contributed by atoms with E-state index < -0.39 is 11.5 Å². The number of methoxy groups -OCH3 is 1. The third-order valence-electron chi connectivity index (χ3n) is 4.35. The van der Waals surface area contributed by atoms with Crippen molar-refractivity contribution in [1.82, 2.24) is 10.9 Å². The minimum absolute atomic E-state index is 0.173. The summed E-state index contributed by atoms with van der Waals surface area (Å²) < 4.78 is 5.11. The highest BCUT2D eigenvalue weighted by atomic mass is 32.1. The standard InChI is InChI=1S/C22H21N3O3S/c1-28-19-14-12-18(13-15-19)23-21(29)25-24-20(26)22(27,16-8-4-2-5-9-16)17-10-6-3-7-11-17/h2-15,27H,1H3,(H,24,26)(H2,23,25,29). The van der Waals surface area contributed by atoms with Crippen LogP contribution in [0.2, 0.25) is 0 Å². The van der Waals surface area contributed by atoms with Crippen LogP contribution >= 0.6 is 12.2 Å². The van der Waals surface area contributed by atoms with Crippen LogP contribution in [0.15, 0.2) is 84.9 Å². The van der Waals surface area contributed by atoms with Crippen LogP contribution in [0.3, 0.4) is 0 Å². The van der Waals surface area contributed by atoms with E-state index in [1.807, 2.05) is 12.1 Å². The van der Waals surface area contributed by atoms with Crippen LogP contribution < -0.4 is 20.9 Å². The topological polar surface area (TPSA) is 82.6 Å². The number of anilines is 1. The van der Waals surface area contributed by atoms with Gasteiger partial charge in [-0.15, -0.1) is 0 Å². The summed E-state index contributed by atoms with van der Waals surface area (Å²) in [5, 5.41) is 14.5. The Morgan fingerprint density at radius 3 is 1.86 bits per heavy atom. The normalized spacial score (nSPS) is 10.7. The summed E-state index contributed by atoms with van der Waals surface area (Å²) in [5.41, 5.74) is 4.86. The lowest BCUT2D eigenvalue weighted by atomic mass is 9.85. The van der Waals surface area contributed by atoms with Crippen LogP contribution in [0.1, 0.15) is 11.1 Å². The maximum Gasteiger partial charge on any atom is 0.279 e. The molecule has 0 heterocycles. The summed E-state index contributed by atoms with van der Waals surface area (Å²) in [6, 6.07) is 24.6. The zero-order chi connectivity index (χ0) is 20.7. The summed E-state index contributed by atoms with van der Waals surface area (Å²) in [4.78, 5) is 13.0. The number of carbonyl (C=O) groups excluding carboxylic acids is 1. The maximum absolute atomic E-state index is 13.0. The Hall–Kier alpha value is -3.42. The Bertz CT molecular complexity index is 924. The molecule has 0 aliphatic carbocycles. The number of aliphatic hydroxyl groups is 1. The quantitative estimate of drug-likeness (QED) is 0.385. The molecule has 7 heteroatoms. The van der Waals surface area contributed by atoms with Gasteiger partial charge in [-0.1, -0.05) is 60.7 Å². The Morgan fingerprint density at radius 2 is 1.38 bits per heavy atom. The van der Waals surface area contributed by atoms with Crippen LogP contribution in [0, 0.1) is 0 Å². The molecule has 3 aromatic rings. The number of amides is 1. The molecule has 0 aliphatic heterocycles. The second-order valence-electron chi connectivity index (χ2n) is 6.20. The van der Waals surface area contributed by atoms with Gasteiger partial charge >= 0.3 is 0 Å². The highest BCUT2D eigenvalue weighted by molar-refractivity contribution is 7.80. The van der Waals surface area contributed by atoms with Crippen molar-refractivity contribution in [2.45, 2.75) is 5.60 Å². The van der Waals surface area contributed by atoms with Crippen LogP contribution in [0.5, 0.6) is 5.75 Å². The van der Waals surface area contributed by atoms with E-state index in [4.69, 9.17) is 17.0 Å². The van der Waals surface area contributed by atoms with Crippen molar-refractivity contribution in [2.24, 2.45) is 0 Å². The van der Waals surface area contributed by atoms with Gasteiger partial charge in [0.2, 0.25) is 0 Å². The number of carbonyl (C=O) groups is 1. The van der Waals surface area contributed by atoms with Gasteiger partial charge in [-0.05, 0) is 47.6 Å². The average molecular weight is 407 g/mol. The van der Waals surface area contributed by atoms with Gasteiger partial charge in [-0.3, -0.25) is 15.6 Å². The molecule has 0 bridgehead atoms. The molecule has 0 aliphatic rings. The molecule has 3 aromatic carbocycles. The molecule has 4 N–H and O–H groups in total. The van der Waals surface area contributed by atoms with Gasteiger partial charge in [0, 0.05) is 5.69 Å². The number of hydrogen-bond donors (Lipinski definition) is 4. The number of hydrogen-bond acceptors (Lipinski definition) is 4. The van der Waals surface area contributed by atoms with Crippen LogP contribution in [-0.2, 0) is 10.4 Å². The van der Waals surface area contributed by atoms with E-state index in [2.05, 4.69) is 16.2 Å². The maximum atomic E-state index is 13.0. The first-order valence-corrected chi connectivity index (χ1v) is 9.30. The minimum Gasteiger partial charge on any atom is -0.497 e. The number of ether oxygens (including phenoxy) is 1. The summed E-state index contributed by atoms with van der Waals surface area (Å²) in [7, 11) is 1.59.